The zero-order valence-electron chi connectivity index (χ0n) is 18.1. The Morgan fingerprint density at radius 2 is 1.81 bits per heavy atom. The highest BCUT2D eigenvalue weighted by molar-refractivity contribution is 14.0. The van der Waals surface area contributed by atoms with Crippen LogP contribution in [-0.4, -0.2) is 68.5 Å². The molecule has 1 amide bonds. The predicted molar refractivity (Wildman–Crippen MR) is 134 cm³/mol. The molecule has 1 heterocycles. The molecule has 31 heavy (non-hydrogen) atoms. The standard InChI is InChI=1S/C23H30FN5O.HI/c1-25-23(27(2)18-19-7-6-8-20(24)17-19)26-12-11-22(30)29-15-13-28(14-16-29)21-9-4-3-5-10-21;/h3-10,17H,11-16,18H2,1-2H3,(H,25,26);1H. The van der Waals surface area contributed by atoms with E-state index in [4.69, 9.17) is 0 Å². The first kappa shape index (κ1) is 24.9. The highest BCUT2D eigenvalue weighted by atomic mass is 127. The summed E-state index contributed by atoms with van der Waals surface area (Å²) in [6, 6.07) is 16.8. The van der Waals surface area contributed by atoms with Crippen molar-refractivity contribution in [2.75, 3.05) is 51.7 Å². The number of benzene rings is 2. The molecule has 1 N–H and O–H groups in total. The van der Waals surface area contributed by atoms with Gasteiger partial charge in [-0.15, -0.1) is 24.0 Å². The van der Waals surface area contributed by atoms with Crippen molar-refractivity contribution in [3.05, 3.63) is 66.0 Å². The van der Waals surface area contributed by atoms with Crippen LogP contribution < -0.4 is 10.2 Å². The van der Waals surface area contributed by atoms with E-state index in [1.807, 2.05) is 41.1 Å². The highest BCUT2D eigenvalue weighted by Crippen LogP contribution is 2.15. The lowest BCUT2D eigenvalue weighted by Crippen LogP contribution is -2.49. The van der Waals surface area contributed by atoms with E-state index in [2.05, 4.69) is 27.3 Å². The molecule has 1 aliphatic rings. The van der Waals surface area contributed by atoms with Gasteiger partial charge in [0.2, 0.25) is 5.91 Å². The predicted octanol–water partition coefficient (Wildman–Crippen LogP) is 3.19. The Morgan fingerprint density at radius 3 is 2.45 bits per heavy atom. The summed E-state index contributed by atoms with van der Waals surface area (Å²) in [5, 5.41) is 3.23. The molecule has 0 radical (unpaired) electrons. The summed E-state index contributed by atoms with van der Waals surface area (Å²) in [5.41, 5.74) is 2.07. The number of carbonyl (C=O) groups excluding carboxylic acids is 1. The number of para-hydroxylation sites is 1. The second-order valence-corrected chi connectivity index (χ2v) is 7.41. The molecule has 2 aromatic rings. The molecule has 3 rings (SSSR count). The molecule has 1 aliphatic heterocycles. The zero-order valence-corrected chi connectivity index (χ0v) is 20.5. The smallest absolute Gasteiger partial charge is 0.224 e. The maximum atomic E-state index is 13.4. The first-order valence-electron chi connectivity index (χ1n) is 10.3. The van der Waals surface area contributed by atoms with Gasteiger partial charge in [0.05, 0.1) is 0 Å². The van der Waals surface area contributed by atoms with Gasteiger partial charge in [0, 0.05) is 65.5 Å². The van der Waals surface area contributed by atoms with E-state index in [0.717, 1.165) is 31.7 Å². The number of anilines is 1. The number of nitrogens with one attached hydrogen (secondary N) is 1. The van der Waals surface area contributed by atoms with Crippen molar-refractivity contribution in [3.63, 3.8) is 0 Å². The quantitative estimate of drug-likeness (QED) is 0.348. The van der Waals surface area contributed by atoms with Crippen LogP contribution in [0.1, 0.15) is 12.0 Å². The number of amides is 1. The summed E-state index contributed by atoms with van der Waals surface area (Å²) in [5.74, 6) is 0.584. The van der Waals surface area contributed by atoms with Crippen LogP contribution in [0.3, 0.4) is 0 Å². The van der Waals surface area contributed by atoms with E-state index in [9.17, 15) is 9.18 Å². The molecule has 0 spiro atoms. The summed E-state index contributed by atoms with van der Waals surface area (Å²) in [6.45, 7) is 4.22. The molecule has 0 atom stereocenters. The Balaban J connectivity index is 0.00000341. The molecule has 8 heteroatoms. The van der Waals surface area contributed by atoms with Crippen LogP contribution in [0.4, 0.5) is 10.1 Å². The van der Waals surface area contributed by atoms with Crippen LogP contribution in [0.2, 0.25) is 0 Å². The minimum atomic E-state index is -0.248. The molecule has 0 saturated carbocycles. The lowest BCUT2D eigenvalue weighted by molar-refractivity contribution is -0.131. The van der Waals surface area contributed by atoms with Gasteiger partial charge in [0.25, 0.3) is 0 Å². The fraction of sp³-hybridized carbons (Fsp3) is 0.391. The summed E-state index contributed by atoms with van der Waals surface area (Å²) in [6.07, 6.45) is 0.415. The lowest BCUT2D eigenvalue weighted by atomic mass is 10.2. The molecule has 0 aromatic heterocycles. The van der Waals surface area contributed by atoms with Crippen molar-refractivity contribution < 1.29 is 9.18 Å². The number of aliphatic imine (C=N–C) groups is 1. The van der Waals surface area contributed by atoms with E-state index in [-0.39, 0.29) is 35.7 Å². The summed E-state index contributed by atoms with van der Waals surface area (Å²) in [4.78, 5) is 23.0. The molecular formula is C23H31FIN5O. The van der Waals surface area contributed by atoms with Crippen molar-refractivity contribution in [3.8, 4) is 0 Å². The normalized spacial score (nSPS) is 14.1. The summed E-state index contributed by atoms with van der Waals surface area (Å²) in [7, 11) is 3.60. The average molecular weight is 539 g/mol. The highest BCUT2D eigenvalue weighted by Gasteiger charge is 2.21. The summed E-state index contributed by atoms with van der Waals surface area (Å²) >= 11 is 0. The largest absolute Gasteiger partial charge is 0.368 e. The van der Waals surface area contributed by atoms with Crippen molar-refractivity contribution >= 4 is 41.5 Å². The summed E-state index contributed by atoms with van der Waals surface area (Å²) < 4.78 is 13.4. The number of hydrogen-bond donors (Lipinski definition) is 1. The third kappa shape index (κ3) is 7.37. The van der Waals surface area contributed by atoms with Crippen LogP contribution >= 0.6 is 24.0 Å². The fourth-order valence-corrected chi connectivity index (χ4v) is 3.66. The minimum absolute atomic E-state index is 0. The molecule has 0 aliphatic carbocycles. The molecule has 1 fully saturated rings. The number of guanidine groups is 1. The molecular weight excluding hydrogens is 508 g/mol. The maximum Gasteiger partial charge on any atom is 0.224 e. The molecule has 6 nitrogen and oxygen atoms in total. The van der Waals surface area contributed by atoms with Gasteiger partial charge in [-0.3, -0.25) is 9.79 Å². The van der Waals surface area contributed by atoms with E-state index < -0.39 is 0 Å². The van der Waals surface area contributed by atoms with E-state index in [1.54, 1.807) is 13.1 Å². The van der Waals surface area contributed by atoms with Crippen LogP contribution in [0.5, 0.6) is 0 Å². The number of halogens is 2. The monoisotopic (exact) mass is 539 g/mol. The number of piperazine rings is 1. The molecule has 1 saturated heterocycles. The van der Waals surface area contributed by atoms with Crippen molar-refractivity contribution in [2.45, 2.75) is 13.0 Å². The van der Waals surface area contributed by atoms with Gasteiger partial charge in [-0.1, -0.05) is 30.3 Å². The van der Waals surface area contributed by atoms with Gasteiger partial charge in [0.1, 0.15) is 5.82 Å². The molecule has 2 aromatic carbocycles. The van der Waals surface area contributed by atoms with Crippen LogP contribution in [0.25, 0.3) is 0 Å². The first-order valence-corrected chi connectivity index (χ1v) is 10.3. The third-order valence-corrected chi connectivity index (χ3v) is 5.26. The number of hydrogen-bond acceptors (Lipinski definition) is 3. The van der Waals surface area contributed by atoms with Gasteiger partial charge in [-0.25, -0.2) is 4.39 Å². The van der Waals surface area contributed by atoms with E-state index in [0.29, 0.717) is 25.5 Å². The zero-order chi connectivity index (χ0) is 21.3. The molecule has 0 bridgehead atoms. The Kier molecular flexibility index (Phi) is 10.0. The van der Waals surface area contributed by atoms with E-state index >= 15 is 0 Å². The van der Waals surface area contributed by atoms with Gasteiger partial charge in [-0.2, -0.15) is 0 Å². The van der Waals surface area contributed by atoms with Gasteiger partial charge < -0.3 is 20.0 Å². The second kappa shape index (κ2) is 12.5. The lowest BCUT2D eigenvalue weighted by Gasteiger charge is -2.36. The number of nitrogens with zero attached hydrogens (tertiary/aromatic N) is 4. The van der Waals surface area contributed by atoms with Crippen LogP contribution in [0, 0.1) is 5.82 Å². The van der Waals surface area contributed by atoms with Crippen molar-refractivity contribution in [2.24, 2.45) is 4.99 Å². The average Bonchev–Trinajstić information content (AvgIpc) is 2.77. The van der Waals surface area contributed by atoms with Crippen LogP contribution in [-0.2, 0) is 11.3 Å². The van der Waals surface area contributed by atoms with E-state index in [1.165, 1.54) is 17.8 Å². The topological polar surface area (TPSA) is 51.2 Å². The second-order valence-electron chi connectivity index (χ2n) is 7.41. The Hall–Kier alpha value is -2.36. The SMILES string of the molecule is CN=C(NCCC(=O)N1CCN(c2ccccc2)CC1)N(C)Cc1cccc(F)c1.I. The van der Waals surface area contributed by atoms with Gasteiger partial charge in [-0.05, 0) is 29.8 Å². The van der Waals surface area contributed by atoms with Gasteiger partial charge >= 0.3 is 0 Å². The Morgan fingerprint density at radius 1 is 1.10 bits per heavy atom. The minimum Gasteiger partial charge on any atom is -0.368 e. The molecule has 0 unspecified atom stereocenters. The fourth-order valence-electron chi connectivity index (χ4n) is 3.66. The van der Waals surface area contributed by atoms with Crippen LogP contribution in [0.15, 0.2) is 59.6 Å². The Bertz CT molecular complexity index is 856. The molecule has 168 valence electrons. The van der Waals surface area contributed by atoms with Crippen molar-refractivity contribution in [1.29, 1.82) is 0 Å². The maximum absolute atomic E-state index is 13.4. The first-order chi connectivity index (χ1) is 14.6. The number of rotatable bonds is 6. The number of carbonyl (C=O) groups is 1. The Labute approximate surface area is 201 Å². The van der Waals surface area contributed by atoms with Crippen molar-refractivity contribution in [1.82, 2.24) is 15.1 Å². The van der Waals surface area contributed by atoms with Gasteiger partial charge in [0.15, 0.2) is 5.96 Å². The third-order valence-electron chi connectivity index (χ3n) is 5.26.